The molecule has 0 amide bonds. The van der Waals surface area contributed by atoms with Crippen LogP contribution in [0.4, 0.5) is 0 Å². The summed E-state index contributed by atoms with van der Waals surface area (Å²) in [6.45, 7) is 0. The van der Waals surface area contributed by atoms with Gasteiger partial charge in [0.05, 0.1) is 10.4 Å². The van der Waals surface area contributed by atoms with Crippen molar-refractivity contribution in [1.29, 1.82) is 0 Å². The molecule has 0 unspecified atom stereocenters. The summed E-state index contributed by atoms with van der Waals surface area (Å²) < 4.78 is 2.43. The summed E-state index contributed by atoms with van der Waals surface area (Å²) in [5.74, 6) is 0. The van der Waals surface area contributed by atoms with E-state index in [0.717, 1.165) is 5.29 Å². The van der Waals surface area contributed by atoms with Gasteiger partial charge in [0.25, 0.3) is 0 Å². The van der Waals surface area contributed by atoms with Crippen molar-refractivity contribution in [3.8, 4) is 0 Å². The Hall–Kier alpha value is 0.788. The summed E-state index contributed by atoms with van der Waals surface area (Å²) in [4.78, 5) is 3.57. The maximum atomic E-state index is 3.57. The molecule has 0 rings (SSSR count). The van der Waals surface area contributed by atoms with Crippen LogP contribution in [0.5, 0.6) is 0 Å². The Balaban J connectivity index is 2.93. The first kappa shape index (κ1) is 8.79. The minimum absolute atomic E-state index is 0.0131. The van der Waals surface area contributed by atoms with E-state index in [1.165, 1.54) is 30.9 Å². The Labute approximate surface area is 62.7 Å². The first-order valence-corrected chi connectivity index (χ1v) is 7.55. The molecule has 0 saturated heterocycles. The summed E-state index contributed by atoms with van der Waals surface area (Å²) >= 11 is 0. The van der Waals surface area contributed by atoms with Crippen LogP contribution in [-0.2, 0) is 0 Å². The second-order valence-corrected chi connectivity index (χ2v) is 13.2. The van der Waals surface area contributed by atoms with Crippen molar-refractivity contribution in [1.82, 2.24) is 9.21 Å². The minimum Gasteiger partial charge on any atom is -0.349 e. The van der Waals surface area contributed by atoms with Crippen molar-refractivity contribution in [2.75, 3.05) is 7.05 Å². The largest absolute Gasteiger partial charge is 0.349 e. The lowest BCUT2D eigenvalue weighted by molar-refractivity contribution is 0.828. The number of nitrogens with zero attached hydrogens (tertiary/aromatic N) is 1. The smallest absolute Gasteiger partial charge is 0.162 e. The lowest BCUT2D eigenvalue weighted by atomic mass is 11.5. The SMILES string of the molecule is CN([SiH3])[SiH2]NC([SiH3])[SiH3]. The van der Waals surface area contributed by atoms with E-state index in [2.05, 4.69) is 16.3 Å². The molecule has 0 aromatic carbocycles. The van der Waals surface area contributed by atoms with Crippen LogP contribution in [0.2, 0.25) is 0 Å². The average Bonchev–Trinajstić information content (AvgIpc) is 1.61. The van der Waals surface area contributed by atoms with Crippen LogP contribution in [0, 0.1) is 0 Å². The third-order valence-corrected chi connectivity index (χ3v) is 5.85. The van der Waals surface area contributed by atoms with Crippen LogP contribution in [0.3, 0.4) is 0 Å². The molecule has 0 saturated carbocycles. The summed E-state index contributed by atoms with van der Waals surface area (Å²) in [7, 11) is 6.15. The molecule has 8 heavy (non-hydrogen) atoms. The van der Waals surface area contributed by atoms with Crippen LogP contribution in [0.1, 0.15) is 0 Å². The number of hydrogen-bond donors (Lipinski definition) is 1. The van der Waals surface area contributed by atoms with Gasteiger partial charge in [-0.2, -0.15) is 0 Å². The van der Waals surface area contributed by atoms with Crippen molar-refractivity contribution >= 4 is 40.7 Å². The molecule has 0 aliphatic rings. The van der Waals surface area contributed by atoms with Gasteiger partial charge < -0.3 is 9.21 Å². The quantitative estimate of drug-likeness (QED) is 0.437. The summed E-state index contributed by atoms with van der Waals surface area (Å²) in [6.07, 6.45) is 0. The third kappa shape index (κ3) is 6.79. The Morgan fingerprint density at radius 2 is 2.12 bits per heavy atom. The number of nitrogens with one attached hydrogen (secondary N) is 1. The number of hydrogen-bond acceptors (Lipinski definition) is 2. The van der Waals surface area contributed by atoms with E-state index >= 15 is 0 Å². The van der Waals surface area contributed by atoms with Crippen LogP contribution in [0.15, 0.2) is 0 Å². The van der Waals surface area contributed by atoms with Gasteiger partial charge in [0.2, 0.25) is 0 Å². The fraction of sp³-hybridized carbons (Fsp3) is 1.00. The summed E-state index contributed by atoms with van der Waals surface area (Å²) in [6, 6.07) is 0. The molecule has 50 valence electrons. The van der Waals surface area contributed by atoms with Gasteiger partial charge in [0, 0.05) is 20.5 Å². The second kappa shape index (κ2) is 4.65. The predicted octanol–water partition coefficient (Wildman–Crippen LogP) is -5.20. The van der Waals surface area contributed by atoms with E-state index < -0.39 is 0 Å². The maximum Gasteiger partial charge on any atom is 0.162 e. The van der Waals surface area contributed by atoms with Gasteiger partial charge in [-0.1, -0.05) is 0 Å². The summed E-state index contributed by atoms with van der Waals surface area (Å²) in [5, 5.41) is 0.957. The average molecular weight is 181 g/mol. The number of rotatable bonds is 3. The van der Waals surface area contributed by atoms with Crippen molar-refractivity contribution in [2.24, 2.45) is 0 Å². The van der Waals surface area contributed by atoms with Gasteiger partial charge in [-0.3, -0.25) is 0 Å². The molecule has 0 bridgehead atoms. The molecule has 0 spiro atoms. The highest BCUT2D eigenvalue weighted by Gasteiger charge is 1.91. The van der Waals surface area contributed by atoms with E-state index in [1.54, 1.807) is 0 Å². The zero-order chi connectivity index (χ0) is 6.57. The molecule has 0 aromatic rings. The molecule has 0 aliphatic carbocycles. The molecule has 1 N–H and O–H groups in total. The van der Waals surface area contributed by atoms with Gasteiger partial charge in [-0.25, -0.2) is 0 Å². The summed E-state index contributed by atoms with van der Waals surface area (Å²) in [5.41, 5.74) is 0. The maximum absolute atomic E-state index is 3.57. The standard InChI is InChI=1S/C2H16N2Si4/c1-4(7)8-3-2(5)6/h2-3H,8H2,1,5-7H3. The normalized spacial score (nSPS) is 17.2. The highest BCUT2D eigenvalue weighted by Crippen LogP contribution is 1.63. The first-order chi connectivity index (χ1) is 3.63. The van der Waals surface area contributed by atoms with Gasteiger partial charge in [-0.05, 0) is 12.3 Å². The van der Waals surface area contributed by atoms with E-state index in [4.69, 9.17) is 0 Å². The molecule has 2 nitrogen and oxygen atoms in total. The zero-order valence-corrected chi connectivity index (χ0v) is 13.6. The third-order valence-electron chi connectivity index (χ3n) is 0.816. The van der Waals surface area contributed by atoms with E-state index in [9.17, 15) is 0 Å². The molecule has 0 fully saturated rings. The van der Waals surface area contributed by atoms with Crippen LogP contribution >= 0.6 is 0 Å². The van der Waals surface area contributed by atoms with Crippen molar-refractivity contribution in [3.05, 3.63) is 0 Å². The van der Waals surface area contributed by atoms with Crippen molar-refractivity contribution < 1.29 is 0 Å². The van der Waals surface area contributed by atoms with Gasteiger partial charge in [0.15, 0.2) is 9.84 Å². The predicted molar refractivity (Wildman–Crippen MR) is 53.0 cm³/mol. The Morgan fingerprint density at radius 3 is 2.25 bits per heavy atom. The topological polar surface area (TPSA) is 15.3 Å². The molecule has 0 heterocycles. The molecule has 0 atom stereocenters. The van der Waals surface area contributed by atoms with Crippen LogP contribution < -0.4 is 4.98 Å². The van der Waals surface area contributed by atoms with E-state index in [-0.39, 0.29) is 9.84 Å². The van der Waals surface area contributed by atoms with Crippen LogP contribution in [0.25, 0.3) is 0 Å². The van der Waals surface area contributed by atoms with Gasteiger partial charge >= 0.3 is 0 Å². The van der Waals surface area contributed by atoms with Gasteiger partial charge in [0.1, 0.15) is 0 Å². The molecule has 0 aromatic heterocycles. The molecule has 0 aliphatic heterocycles. The highest BCUT2D eigenvalue weighted by molar-refractivity contribution is 6.44. The molecule has 6 heteroatoms. The van der Waals surface area contributed by atoms with Crippen molar-refractivity contribution in [2.45, 2.75) is 5.29 Å². The molecular formula is C2H16N2Si4. The zero-order valence-electron chi connectivity index (χ0n) is 6.23. The fourth-order valence-electron chi connectivity index (χ4n) is 0.365. The minimum atomic E-state index is 0.0131. The van der Waals surface area contributed by atoms with E-state index in [0.29, 0.717) is 0 Å². The highest BCUT2D eigenvalue weighted by atomic mass is 28.3. The van der Waals surface area contributed by atoms with Crippen molar-refractivity contribution in [3.63, 3.8) is 0 Å². The van der Waals surface area contributed by atoms with E-state index in [1.807, 2.05) is 0 Å². The Bertz CT molecular complexity index is 48.0. The Morgan fingerprint density at radius 1 is 1.62 bits per heavy atom. The molecular weight excluding hydrogens is 164 g/mol. The fourth-order valence-corrected chi connectivity index (χ4v) is 2.74. The lowest BCUT2D eigenvalue weighted by Gasteiger charge is -2.12. The Kier molecular flexibility index (Phi) is 5.10. The lowest BCUT2D eigenvalue weighted by Crippen LogP contribution is -2.40. The van der Waals surface area contributed by atoms with Crippen LogP contribution in [-0.4, -0.2) is 57.3 Å². The first-order valence-electron chi connectivity index (χ1n) is 3.01. The molecule has 0 radical (unpaired) electrons. The second-order valence-electron chi connectivity index (χ2n) is 2.60. The van der Waals surface area contributed by atoms with Gasteiger partial charge in [-0.15, -0.1) is 0 Å². The monoisotopic (exact) mass is 180 g/mol.